The van der Waals surface area contributed by atoms with Crippen LogP contribution in [0, 0.1) is 0 Å². The van der Waals surface area contributed by atoms with Crippen molar-refractivity contribution in [3.05, 3.63) is 76.1 Å². The third-order valence-electron chi connectivity index (χ3n) is 4.97. The summed E-state index contributed by atoms with van der Waals surface area (Å²) in [6, 6.07) is 17.9. The summed E-state index contributed by atoms with van der Waals surface area (Å²) in [7, 11) is 1.61. The van der Waals surface area contributed by atoms with Crippen molar-refractivity contribution >= 4 is 11.0 Å². The molecule has 2 aromatic carbocycles. The van der Waals surface area contributed by atoms with Gasteiger partial charge >= 0.3 is 5.63 Å². The van der Waals surface area contributed by atoms with Crippen LogP contribution in [0.15, 0.2) is 63.8 Å². The molecule has 0 amide bonds. The quantitative estimate of drug-likeness (QED) is 0.680. The monoisotopic (exact) mass is 335 g/mol. The molecule has 0 bridgehead atoms. The zero-order valence-electron chi connectivity index (χ0n) is 14.3. The molecule has 0 radical (unpaired) electrons. The van der Waals surface area contributed by atoms with Crippen LogP contribution in [-0.4, -0.2) is 25.1 Å². The van der Waals surface area contributed by atoms with Crippen LogP contribution in [0.3, 0.4) is 0 Å². The molecule has 1 aliphatic rings. The van der Waals surface area contributed by atoms with Crippen LogP contribution in [0.1, 0.15) is 23.5 Å². The van der Waals surface area contributed by atoms with E-state index in [1.54, 1.807) is 19.2 Å². The minimum Gasteiger partial charge on any atom is -0.497 e. The molecule has 4 rings (SSSR count). The molecule has 0 spiro atoms. The molecular weight excluding hydrogens is 314 g/mol. The molecule has 3 aromatic rings. The van der Waals surface area contributed by atoms with Crippen molar-refractivity contribution in [3.63, 3.8) is 0 Å². The second kappa shape index (κ2) is 6.73. The van der Waals surface area contributed by atoms with Gasteiger partial charge in [-0.05, 0) is 42.1 Å². The predicted octanol–water partition coefficient (Wildman–Crippen LogP) is 3.79. The van der Waals surface area contributed by atoms with Crippen molar-refractivity contribution in [1.29, 1.82) is 0 Å². The Kier molecular flexibility index (Phi) is 4.28. The molecule has 1 saturated heterocycles. The van der Waals surface area contributed by atoms with Gasteiger partial charge in [0.25, 0.3) is 0 Å². The van der Waals surface area contributed by atoms with Gasteiger partial charge in [0.15, 0.2) is 0 Å². The standard InChI is InChI=1S/C21H21NO3/c1-24-18-7-8-19-17(11-21(23)25-20(19)12-18)14-22-10-9-16(13-22)15-5-3-2-4-6-15/h2-8,11-12,16H,9-10,13-14H2,1H3/t16-/m0/s1. The van der Waals surface area contributed by atoms with E-state index in [2.05, 4.69) is 35.2 Å². The van der Waals surface area contributed by atoms with E-state index in [9.17, 15) is 4.79 Å². The van der Waals surface area contributed by atoms with Crippen molar-refractivity contribution in [2.24, 2.45) is 0 Å². The first-order valence-electron chi connectivity index (χ1n) is 8.61. The van der Waals surface area contributed by atoms with E-state index in [4.69, 9.17) is 9.15 Å². The third-order valence-corrected chi connectivity index (χ3v) is 4.97. The highest BCUT2D eigenvalue weighted by molar-refractivity contribution is 5.81. The minimum absolute atomic E-state index is 0.311. The number of hydrogen-bond donors (Lipinski definition) is 0. The molecule has 128 valence electrons. The average Bonchev–Trinajstić information content (AvgIpc) is 3.10. The summed E-state index contributed by atoms with van der Waals surface area (Å²) < 4.78 is 10.6. The number of methoxy groups -OCH3 is 1. The first-order chi connectivity index (χ1) is 12.2. The second-order valence-electron chi connectivity index (χ2n) is 6.58. The zero-order valence-corrected chi connectivity index (χ0v) is 14.3. The van der Waals surface area contributed by atoms with Crippen molar-refractivity contribution < 1.29 is 9.15 Å². The molecule has 25 heavy (non-hydrogen) atoms. The summed E-state index contributed by atoms with van der Waals surface area (Å²) in [5.41, 5.74) is 2.69. The van der Waals surface area contributed by atoms with Crippen LogP contribution in [0.5, 0.6) is 5.75 Å². The topological polar surface area (TPSA) is 42.7 Å². The summed E-state index contributed by atoms with van der Waals surface area (Å²) in [6.07, 6.45) is 1.15. The number of hydrogen-bond acceptors (Lipinski definition) is 4. The van der Waals surface area contributed by atoms with Crippen LogP contribution in [0.25, 0.3) is 11.0 Å². The largest absolute Gasteiger partial charge is 0.497 e. The Morgan fingerprint density at radius 3 is 2.80 bits per heavy atom. The van der Waals surface area contributed by atoms with Crippen molar-refractivity contribution in [3.8, 4) is 5.75 Å². The van der Waals surface area contributed by atoms with Gasteiger partial charge < -0.3 is 9.15 Å². The molecule has 1 atom stereocenters. The molecule has 4 nitrogen and oxygen atoms in total. The van der Waals surface area contributed by atoms with E-state index < -0.39 is 0 Å². The van der Waals surface area contributed by atoms with E-state index in [0.717, 1.165) is 37.0 Å². The Morgan fingerprint density at radius 1 is 1.16 bits per heavy atom. The summed E-state index contributed by atoms with van der Waals surface area (Å²) in [4.78, 5) is 14.4. The van der Waals surface area contributed by atoms with Crippen LogP contribution in [0.2, 0.25) is 0 Å². The molecule has 0 saturated carbocycles. The van der Waals surface area contributed by atoms with Gasteiger partial charge in [-0.3, -0.25) is 4.90 Å². The van der Waals surface area contributed by atoms with Gasteiger partial charge in [0, 0.05) is 30.6 Å². The molecule has 0 unspecified atom stereocenters. The summed E-state index contributed by atoms with van der Waals surface area (Å²) >= 11 is 0. The number of nitrogens with zero attached hydrogens (tertiary/aromatic N) is 1. The Hall–Kier alpha value is -2.59. The number of benzene rings is 2. The fourth-order valence-electron chi connectivity index (χ4n) is 3.68. The molecule has 0 aliphatic carbocycles. The Bertz CT molecular complexity index is 933. The lowest BCUT2D eigenvalue weighted by atomic mass is 9.99. The van der Waals surface area contributed by atoms with Crippen molar-refractivity contribution in [2.75, 3.05) is 20.2 Å². The number of fused-ring (bicyclic) bond motifs is 1. The van der Waals surface area contributed by atoms with Gasteiger partial charge in [0.05, 0.1) is 7.11 Å². The highest BCUT2D eigenvalue weighted by Crippen LogP contribution is 2.29. The minimum atomic E-state index is -0.311. The maximum Gasteiger partial charge on any atom is 0.336 e. The van der Waals surface area contributed by atoms with Crippen LogP contribution in [0.4, 0.5) is 0 Å². The van der Waals surface area contributed by atoms with Gasteiger partial charge in [-0.1, -0.05) is 30.3 Å². The number of likely N-dealkylation sites (tertiary alicyclic amines) is 1. The van der Waals surface area contributed by atoms with Gasteiger partial charge in [0.1, 0.15) is 11.3 Å². The van der Waals surface area contributed by atoms with Crippen LogP contribution in [-0.2, 0) is 6.54 Å². The van der Waals surface area contributed by atoms with Gasteiger partial charge in [0.2, 0.25) is 0 Å². The molecule has 1 fully saturated rings. The molecule has 2 heterocycles. The fraction of sp³-hybridized carbons (Fsp3) is 0.286. The maximum atomic E-state index is 11.9. The van der Waals surface area contributed by atoms with Crippen molar-refractivity contribution in [1.82, 2.24) is 4.90 Å². The van der Waals surface area contributed by atoms with E-state index in [0.29, 0.717) is 17.3 Å². The maximum absolute atomic E-state index is 11.9. The Balaban J connectivity index is 1.58. The Labute approximate surface area is 146 Å². The lowest BCUT2D eigenvalue weighted by molar-refractivity contribution is 0.327. The molecule has 4 heteroatoms. The normalized spacial score (nSPS) is 17.9. The van der Waals surface area contributed by atoms with Gasteiger partial charge in [-0.2, -0.15) is 0 Å². The van der Waals surface area contributed by atoms with Crippen LogP contribution < -0.4 is 10.4 Å². The second-order valence-corrected chi connectivity index (χ2v) is 6.58. The van der Waals surface area contributed by atoms with Crippen LogP contribution >= 0.6 is 0 Å². The van der Waals surface area contributed by atoms with E-state index >= 15 is 0 Å². The van der Waals surface area contributed by atoms with E-state index in [1.165, 1.54) is 5.56 Å². The number of ether oxygens (including phenoxy) is 1. The SMILES string of the molecule is COc1ccc2c(CN3CC[C@H](c4ccccc4)C3)cc(=O)oc2c1. The lowest BCUT2D eigenvalue weighted by Crippen LogP contribution is -2.20. The Morgan fingerprint density at radius 2 is 2.00 bits per heavy atom. The molecule has 0 N–H and O–H groups in total. The molecular formula is C21H21NO3. The molecule has 1 aromatic heterocycles. The third kappa shape index (κ3) is 3.30. The number of rotatable bonds is 4. The van der Waals surface area contributed by atoms with E-state index in [1.807, 2.05) is 12.1 Å². The average molecular weight is 335 g/mol. The predicted molar refractivity (Wildman–Crippen MR) is 98.1 cm³/mol. The summed E-state index contributed by atoms with van der Waals surface area (Å²) in [5.74, 6) is 1.26. The smallest absolute Gasteiger partial charge is 0.336 e. The highest BCUT2D eigenvalue weighted by Gasteiger charge is 2.24. The molecule has 1 aliphatic heterocycles. The summed E-state index contributed by atoms with van der Waals surface area (Å²) in [5, 5.41) is 0.976. The van der Waals surface area contributed by atoms with Gasteiger partial charge in [-0.25, -0.2) is 4.79 Å². The first-order valence-corrected chi connectivity index (χ1v) is 8.61. The lowest BCUT2D eigenvalue weighted by Gasteiger charge is -2.17. The fourth-order valence-corrected chi connectivity index (χ4v) is 3.68. The highest BCUT2D eigenvalue weighted by atomic mass is 16.5. The first kappa shape index (κ1) is 15.9. The van der Waals surface area contributed by atoms with Gasteiger partial charge in [-0.15, -0.1) is 0 Å². The van der Waals surface area contributed by atoms with Crippen molar-refractivity contribution in [2.45, 2.75) is 18.9 Å². The summed E-state index contributed by atoms with van der Waals surface area (Å²) in [6.45, 7) is 2.82. The van der Waals surface area contributed by atoms with E-state index in [-0.39, 0.29) is 5.63 Å². The zero-order chi connectivity index (χ0) is 17.2.